The zero-order valence-electron chi connectivity index (χ0n) is 21.2. The number of hydrogen-bond donors (Lipinski definition) is 1. The van der Waals surface area contributed by atoms with Gasteiger partial charge in [-0.05, 0) is 71.2 Å². The first kappa shape index (κ1) is 26.3. The summed E-state index contributed by atoms with van der Waals surface area (Å²) in [5.41, 5.74) is 0.447. The zero-order chi connectivity index (χ0) is 24.6. The molecule has 0 bridgehead atoms. The summed E-state index contributed by atoms with van der Waals surface area (Å²) in [4.78, 5) is 29.1. The number of ether oxygens (including phenoxy) is 3. The molecule has 1 aromatic carbocycles. The molecule has 0 spiro atoms. The van der Waals surface area contributed by atoms with Crippen molar-refractivity contribution in [3.8, 4) is 5.75 Å². The number of nitrogens with zero attached hydrogens (tertiary/aromatic N) is 2. The maximum Gasteiger partial charge on any atom is 0.410 e. The number of hydrogen-bond acceptors (Lipinski definition) is 6. The molecule has 1 unspecified atom stereocenters. The van der Waals surface area contributed by atoms with Gasteiger partial charge in [0.25, 0.3) is 0 Å². The molecule has 0 saturated carbocycles. The topological polar surface area (TPSA) is 80.3 Å². The third kappa shape index (κ3) is 8.47. The summed E-state index contributed by atoms with van der Waals surface area (Å²) >= 11 is 0. The molecular weight excluding hydrogens is 434 g/mol. The number of benzene rings is 1. The van der Waals surface area contributed by atoms with Gasteiger partial charge in [-0.2, -0.15) is 0 Å². The highest BCUT2D eigenvalue weighted by atomic mass is 16.6. The standard InChI is InChI=1S/C26H41N3O5/c1-26(2,3)34-25(31)29-12-6-8-21(19-29)24(30)27-18-20-7-5-9-23(17-20)33-16-13-28(4)22-10-14-32-15-11-22/h5,7,9,17,21-22H,6,8,10-16,18-19H2,1-4H3,(H,27,30). The fourth-order valence-corrected chi connectivity index (χ4v) is 4.38. The fourth-order valence-electron chi connectivity index (χ4n) is 4.38. The van der Waals surface area contributed by atoms with Crippen LogP contribution in [0.3, 0.4) is 0 Å². The highest BCUT2D eigenvalue weighted by Crippen LogP contribution is 2.20. The molecule has 1 atom stereocenters. The molecule has 0 aliphatic carbocycles. The van der Waals surface area contributed by atoms with Gasteiger partial charge >= 0.3 is 6.09 Å². The van der Waals surface area contributed by atoms with Crippen molar-refractivity contribution in [2.24, 2.45) is 5.92 Å². The maximum absolute atomic E-state index is 12.8. The van der Waals surface area contributed by atoms with Gasteiger partial charge in [0.2, 0.25) is 5.91 Å². The second-order valence-corrected chi connectivity index (χ2v) is 10.3. The second kappa shape index (κ2) is 12.4. The van der Waals surface area contributed by atoms with Gasteiger partial charge in [0.15, 0.2) is 0 Å². The first-order chi connectivity index (χ1) is 16.2. The molecule has 34 heavy (non-hydrogen) atoms. The Morgan fingerprint density at radius 2 is 1.97 bits per heavy atom. The van der Waals surface area contributed by atoms with E-state index in [-0.39, 0.29) is 17.9 Å². The number of carbonyl (C=O) groups excluding carboxylic acids is 2. The number of piperidine rings is 1. The summed E-state index contributed by atoms with van der Waals surface area (Å²) in [6.07, 6.45) is 3.36. The maximum atomic E-state index is 12.8. The highest BCUT2D eigenvalue weighted by molar-refractivity contribution is 5.80. The highest BCUT2D eigenvalue weighted by Gasteiger charge is 2.30. The molecule has 8 heteroatoms. The first-order valence-corrected chi connectivity index (χ1v) is 12.5. The van der Waals surface area contributed by atoms with E-state index in [0.717, 1.165) is 56.8 Å². The van der Waals surface area contributed by atoms with Gasteiger partial charge in [0.1, 0.15) is 18.0 Å². The zero-order valence-corrected chi connectivity index (χ0v) is 21.2. The quantitative estimate of drug-likeness (QED) is 0.621. The molecule has 2 aliphatic heterocycles. The monoisotopic (exact) mass is 475 g/mol. The predicted molar refractivity (Wildman–Crippen MR) is 131 cm³/mol. The third-order valence-electron chi connectivity index (χ3n) is 6.34. The predicted octanol–water partition coefficient (Wildman–Crippen LogP) is 3.44. The number of likely N-dealkylation sites (N-methyl/N-ethyl adjacent to an activating group) is 1. The van der Waals surface area contributed by atoms with Crippen LogP contribution in [0.4, 0.5) is 4.79 Å². The Bertz CT molecular complexity index is 804. The number of likely N-dealkylation sites (tertiary alicyclic amines) is 1. The molecule has 2 amide bonds. The largest absolute Gasteiger partial charge is 0.492 e. The third-order valence-corrected chi connectivity index (χ3v) is 6.34. The van der Waals surface area contributed by atoms with Crippen LogP contribution in [-0.2, 0) is 20.8 Å². The van der Waals surface area contributed by atoms with E-state index in [0.29, 0.717) is 32.3 Å². The van der Waals surface area contributed by atoms with Gasteiger partial charge in [0.05, 0.1) is 5.92 Å². The minimum Gasteiger partial charge on any atom is -0.492 e. The Morgan fingerprint density at radius 3 is 2.71 bits per heavy atom. The van der Waals surface area contributed by atoms with Gasteiger partial charge in [-0.25, -0.2) is 4.79 Å². The van der Waals surface area contributed by atoms with Crippen LogP contribution in [-0.4, -0.2) is 79.9 Å². The molecule has 8 nitrogen and oxygen atoms in total. The lowest BCUT2D eigenvalue weighted by Crippen LogP contribution is -2.46. The van der Waals surface area contributed by atoms with Crippen molar-refractivity contribution in [2.45, 2.75) is 64.6 Å². The molecule has 2 fully saturated rings. The van der Waals surface area contributed by atoms with Crippen LogP contribution in [0.5, 0.6) is 5.75 Å². The lowest BCUT2D eigenvalue weighted by molar-refractivity contribution is -0.126. The van der Waals surface area contributed by atoms with E-state index in [1.807, 2.05) is 45.0 Å². The van der Waals surface area contributed by atoms with Crippen LogP contribution in [0.15, 0.2) is 24.3 Å². The number of nitrogens with one attached hydrogen (secondary N) is 1. The Hall–Kier alpha value is -2.32. The van der Waals surface area contributed by atoms with Crippen molar-refractivity contribution < 1.29 is 23.8 Å². The summed E-state index contributed by atoms with van der Waals surface area (Å²) in [6.45, 7) is 10.2. The summed E-state index contributed by atoms with van der Waals surface area (Å²) in [6, 6.07) is 8.41. The molecular formula is C26H41N3O5. The van der Waals surface area contributed by atoms with Crippen molar-refractivity contribution in [3.05, 3.63) is 29.8 Å². The average Bonchev–Trinajstić information content (AvgIpc) is 2.82. The molecule has 2 aliphatic rings. The van der Waals surface area contributed by atoms with E-state index in [9.17, 15) is 9.59 Å². The van der Waals surface area contributed by atoms with E-state index in [2.05, 4.69) is 17.3 Å². The molecule has 0 radical (unpaired) electrons. The van der Waals surface area contributed by atoms with Crippen molar-refractivity contribution in [1.82, 2.24) is 15.1 Å². The lowest BCUT2D eigenvalue weighted by atomic mass is 9.97. The summed E-state index contributed by atoms with van der Waals surface area (Å²) in [5, 5.41) is 3.03. The smallest absolute Gasteiger partial charge is 0.410 e. The van der Waals surface area contributed by atoms with Crippen LogP contribution in [0.1, 0.15) is 52.0 Å². The van der Waals surface area contributed by atoms with E-state index in [1.54, 1.807) is 4.90 Å². The van der Waals surface area contributed by atoms with Gasteiger partial charge in [-0.3, -0.25) is 9.69 Å². The molecule has 1 N–H and O–H groups in total. The molecule has 2 heterocycles. The summed E-state index contributed by atoms with van der Waals surface area (Å²) in [5.74, 6) is 0.556. The number of carbonyl (C=O) groups is 2. The van der Waals surface area contributed by atoms with E-state index in [1.165, 1.54) is 0 Å². The Kier molecular flexibility index (Phi) is 9.59. The van der Waals surface area contributed by atoms with E-state index >= 15 is 0 Å². The van der Waals surface area contributed by atoms with E-state index in [4.69, 9.17) is 14.2 Å². The van der Waals surface area contributed by atoms with Gasteiger partial charge in [-0.1, -0.05) is 12.1 Å². The number of amides is 2. The molecule has 1 aromatic rings. The SMILES string of the molecule is CN(CCOc1cccc(CNC(=O)C2CCCN(C(=O)OC(C)(C)C)C2)c1)C1CCOCC1. The lowest BCUT2D eigenvalue weighted by Gasteiger charge is -2.33. The average molecular weight is 476 g/mol. The molecule has 3 rings (SSSR count). The Labute approximate surface area is 203 Å². The number of rotatable bonds is 8. The Morgan fingerprint density at radius 1 is 1.21 bits per heavy atom. The normalized spacial score (nSPS) is 19.7. The summed E-state index contributed by atoms with van der Waals surface area (Å²) < 4.78 is 16.9. The van der Waals surface area contributed by atoms with Crippen molar-refractivity contribution in [1.29, 1.82) is 0 Å². The van der Waals surface area contributed by atoms with Gasteiger partial charge in [-0.15, -0.1) is 0 Å². The minimum atomic E-state index is -0.542. The van der Waals surface area contributed by atoms with Gasteiger partial charge in [0, 0.05) is 45.4 Å². The fraction of sp³-hybridized carbons (Fsp3) is 0.692. The van der Waals surface area contributed by atoms with Crippen molar-refractivity contribution >= 4 is 12.0 Å². The van der Waals surface area contributed by atoms with Crippen LogP contribution in [0.2, 0.25) is 0 Å². The van der Waals surface area contributed by atoms with Gasteiger partial charge < -0.3 is 24.4 Å². The minimum absolute atomic E-state index is 0.0299. The first-order valence-electron chi connectivity index (χ1n) is 12.5. The molecule has 2 saturated heterocycles. The van der Waals surface area contributed by atoms with Crippen LogP contribution < -0.4 is 10.1 Å². The molecule has 190 valence electrons. The Balaban J connectivity index is 1.42. The van der Waals surface area contributed by atoms with Crippen molar-refractivity contribution in [3.63, 3.8) is 0 Å². The molecule has 0 aromatic heterocycles. The second-order valence-electron chi connectivity index (χ2n) is 10.3. The summed E-state index contributed by atoms with van der Waals surface area (Å²) in [7, 11) is 2.14. The van der Waals surface area contributed by atoms with Crippen LogP contribution in [0, 0.1) is 5.92 Å². The van der Waals surface area contributed by atoms with Crippen molar-refractivity contribution in [2.75, 3.05) is 46.5 Å². The van der Waals surface area contributed by atoms with Crippen LogP contribution in [0.25, 0.3) is 0 Å². The van der Waals surface area contributed by atoms with Crippen LogP contribution >= 0.6 is 0 Å². The van der Waals surface area contributed by atoms with E-state index < -0.39 is 5.60 Å².